The van der Waals surface area contributed by atoms with Gasteiger partial charge in [0.15, 0.2) is 0 Å². The standard InChI is InChI=1S/C21H29NSi/c1-22-21-16-10-9-11-18(21)17-23(2,19-12-5-3-6-13-19)20-14-7-4-8-15-20/h3-8,12-15,18,21-22H,9-11,16-17H2,1-2H3/t18-,21-/m0/s1. The molecule has 1 nitrogen and oxygen atoms in total. The van der Waals surface area contributed by atoms with Crippen LogP contribution in [0.25, 0.3) is 0 Å². The Hall–Kier alpha value is -1.38. The van der Waals surface area contributed by atoms with Gasteiger partial charge in [-0.2, -0.15) is 0 Å². The summed E-state index contributed by atoms with van der Waals surface area (Å²) in [4.78, 5) is 0. The summed E-state index contributed by atoms with van der Waals surface area (Å²) in [7, 11) is 0.459. The van der Waals surface area contributed by atoms with Crippen molar-refractivity contribution >= 4 is 18.4 Å². The van der Waals surface area contributed by atoms with Gasteiger partial charge in [0.05, 0.1) is 0 Å². The minimum absolute atomic E-state index is 0.697. The van der Waals surface area contributed by atoms with Crippen LogP contribution < -0.4 is 15.7 Å². The monoisotopic (exact) mass is 323 g/mol. The Labute approximate surface area is 142 Å². The lowest BCUT2D eigenvalue weighted by Gasteiger charge is -2.38. The Morgan fingerprint density at radius 1 is 0.870 bits per heavy atom. The third-order valence-electron chi connectivity index (χ3n) is 5.77. The second-order valence-corrected chi connectivity index (χ2v) is 11.4. The smallest absolute Gasteiger partial charge is 0.115 e. The van der Waals surface area contributed by atoms with Crippen molar-refractivity contribution in [2.24, 2.45) is 5.92 Å². The first kappa shape index (κ1) is 16.5. The quantitative estimate of drug-likeness (QED) is 0.828. The van der Waals surface area contributed by atoms with Crippen LogP contribution >= 0.6 is 0 Å². The van der Waals surface area contributed by atoms with Gasteiger partial charge in [0.25, 0.3) is 0 Å². The van der Waals surface area contributed by atoms with Crippen LogP contribution in [-0.2, 0) is 0 Å². The van der Waals surface area contributed by atoms with Crippen LogP contribution in [-0.4, -0.2) is 21.2 Å². The zero-order valence-electron chi connectivity index (χ0n) is 14.5. The average Bonchev–Trinajstić information content (AvgIpc) is 2.63. The molecular formula is C21H29NSi. The van der Waals surface area contributed by atoms with Crippen molar-refractivity contribution < 1.29 is 0 Å². The second-order valence-electron chi connectivity index (χ2n) is 7.21. The highest BCUT2D eigenvalue weighted by molar-refractivity contribution is 7.01. The van der Waals surface area contributed by atoms with Crippen LogP contribution in [0.3, 0.4) is 0 Å². The fourth-order valence-electron chi connectivity index (χ4n) is 4.37. The predicted octanol–water partition coefficient (Wildman–Crippen LogP) is 3.66. The molecule has 0 heterocycles. The average molecular weight is 324 g/mol. The molecule has 0 spiro atoms. The SMILES string of the molecule is CN[C@H]1CCCC[C@H]1C[Si](C)(c1ccccc1)c1ccccc1. The lowest BCUT2D eigenvalue weighted by Crippen LogP contribution is -2.58. The van der Waals surface area contributed by atoms with E-state index in [1.54, 1.807) is 10.4 Å². The summed E-state index contributed by atoms with van der Waals surface area (Å²) in [5.74, 6) is 0.811. The van der Waals surface area contributed by atoms with Gasteiger partial charge < -0.3 is 5.32 Å². The molecule has 122 valence electrons. The van der Waals surface area contributed by atoms with Gasteiger partial charge in [-0.25, -0.2) is 0 Å². The molecule has 1 fully saturated rings. The molecule has 1 N–H and O–H groups in total. The highest BCUT2D eigenvalue weighted by Crippen LogP contribution is 2.31. The number of hydrogen-bond donors (Lipinski definition) is 1. The summed E-state index contributed by atoms with van der Waals surface area (Å²) in [6, 6.07) is 24.6. The number of benzene rings is 2. The van der Waals surface area contributed by atoms with E-state index in [0.717, 1.165) is 5.92 Å². The minimum Gasteiger partial charge on any atom is -0.317 e. The Balaban J connectivity index is 1.96. The second kappa shape index (κ2) is 7.46. The predicted molar refractivity (Wildman–Crippen MR) is 103 cm³/mol. The Morgan fingerprint density at radius 2 is 1.39 bits per heavy atom. The fraction of sp³-hybridized carbons (Fsp3) is 0.429. The molecule has 1 aliphatic rings. The topological polar surface area (TPSA) is 12.0 Å². The third-order valence-corrected chi connectivity index (χ3v) is 10.3. The maximum absolute atomic E-state index is 3.60. The summed E-state index contributed by atoms with van der Waals surface area (Å²) in [5.41, 5.74) is 0. The summed E-state index contributed by atoms with van der Waals surface area (Å²) < 4.78 is 0. The van der Waals surface area contributed by atoms with Crippen LogP contribution in [0, 0.1) is 5.92 Å². The van der Waals surface area contributed by atoms with Gasteiger partial charge in [-0.15, -0.1) is 0 Å². The van der Waals surface area contributed by atoms with Crippen LogP contribution in [0.1, 0.15) is 25.7 Å². The van der Waals surface area contributed by atoms with Gasteiger partial charge in [0, 0.05) is 6.04 Å². The van der Waals surface area contributed by atoms with Crippen LogP contribution in [0.5, 0.6) is 0 Å². The lowest BCUT2D eigenvalue weighted by molar-refractivity contribution is 0.293. The van der Waals surface area contributed by atoms with E-state index in [0.29, 0.717) is 6.04 Å². The number of nitrogens with one attached hydrogen (secondary N) is 1. The van der Waals surface area contributed by atoms with Crippen molar-refractivity contribution in [3.63, 3.8) is 0 Å². The van der Waals surface area contributed by atoms with E-state index < -0.39 is 8.07 Å². The van der Waals surface area contributed by atoms with Gasteiger partial charge >= 0.3 is 0 Å². The molecule has 2 atom stereocenters. The first-order chi connectivity index (χ1) is 11.2. The molecule has 0 bridgehead atoms. The molecule has 2 aromatic rings. The Morgan fingerprint density at radius 3 is 1.91 bits per heavy atom. The highest BCUT2D eigenvalue weighted by Gasteiger charge is 2.37. The molecule has 2 heteroatoms. The lowest BCUT2D eigenvalue weighted by atomic mass is 9.86. The van der Waals surface area contributed by atoms with E-state index in [4.69, 9.17) is 0 Å². The molecule has 1 aliphatic carbocycles. The molecule has 2 aromatic carbocycles. The van der Waals surface area contributed by atoms with Crippen LogP contribution in [0.4, 0.5) is 0 Å². The molecule has 0 aliphatic heterocycles. The van der Waals surface area contributed by atoms with E-state index in [9.17, 15) is 0 Å². The molecule has 23 heavy (non-hydrogen) atoms. The van der Waals surface area contributed by atoms with E-state index >= 15 is 0 Å². The zero-order chi connectivity index (χ0) is 16.1. The van der Waals surface area contributed by atoms with Crippen molar-refractivity contribution in [3.05, 3.63) is 60.7 Å². The zero-order valence-corrected chi connectivity index (χ0v) is 15.5. The Kier molecular flexibility index (Phi) is 5.34. The maximum atomic E-state index is 3.60. The van der Waals surface area contributed by atoms with Crippen LogP contribution in [0.2, 0.25) is 12.6 Å². The maximum Gasteiger partial charge on any atom is 0.115 e. The van der Waals surface area contributed by atoms with E-state index in [2.05, 4.69) is 79.6 Å². The number of hydrogen-bond acceptors (Lipinski definition) is 1. The van der Waals surface area contributed by atoms with Crippen molar-refractivity contribution in [2.75, 3.05) is 7.05 Å². The molecule has 0 saturated heterocycles. The highest BCUT2D eigenvalue weighted by atomic mass is 28.3. The first-order valence-corrected chi connectivity index (χ1v) is 11.7. The van der Waals surface area contributed by atoms with E-state index in [1.807, 2.05) is 0 Å². The molecule has 0 amide bonds. The fourth-order valence-corrected chi connectivity index (χ4v) is 8.57. The van der Waals surface area contributed by atoms with Crippen molar-refractivity contribution in [2.45, 2.75) is 44.3 Å². The van der Waals surface area contributed by atoms with Gasteiger partial charge in [-0.3, -0.25) is 0 Å². The van der Waals surface area contributed by atoms with E-state index in [-0.39, 0.29) is 0 Å². The summed E-state index contributed by atoms with van der Waals surface area (Å²) >= 11 is 0. The number of rotatable bonds is 5. The largest absolute Gasteiger partial charge is 0.317 e. The van der Waals surface area contributed by atoms with Crippen molar-refractivity contribution in [1.82, 2.24) is 5.32 Å². The first-order valence-electron chi connectivity index (χ1n) is 9.02. The summed E-state index contributed by atoms with van der Waals surface area (Å²) in [6.45, 7) is 2.57. The van der Waals surface area contributed by atoms with Crippen molar-refractivity contribution in [3.8, 4) is 0 Å². The summed E-state index contributed by atoms with van der Waals surface area (Å²) in [6.07, 6.45) is 5.51. The van der Waals surface area contributed by atoms with Gasteiger partial charge in [-0.05, 0) is 31.9 Å². The molecule has 3 rings (SSSR count). The molecular weight excluding hydrogens is 294 g/mol. The van der Waals surface area contributed by atoms with Gasteiger partial charge in [0.2, 0.25) is 0 Å². The third kappa shape index (κ3) is 3.59. The van der Waals surface area contributed by atoms with E-state index in [1.165, 1.54) is 31.7 Å². The summed E-state index contributed by atoms with van der Waals surface area (Å²) in [5, 5.41) is 6.75. The molecule has 0 radical (unpaired) electrons. The molecule has 0 unspecified atom stereocenters. The molecule has 1 saturated carbocycles. The minimum atomic E-state index is -1.69. The van der Waals surface area contributed by atoms with Crippen LogP contribution in [0.15, 0.2) is 60.7 Å². The molecule has 0 aromatic heterocycles. The van der Waals surface area contributed by atoms with Crippen molar-refractivity contribution in [1.29, 1.82) is 0 Å². The normalized spacial score (nSPS) is 22.0. The van der Waals surface area contributed by atoms with Gasteiger partial charge in [0.1, 0.15) is 8.07 Å². The van der Waals surface area contributed by atoms with Gasteiger partial charge in [-0.1, -0.05) is 90.4 Å². The Bertz CT molecular complexity index is 556.